The van der Waals surface area contributed by atoms with Crippen LogP contribution >= 0.6 is 0 Å². The van der Waals surface area contributed by atoms with Gasteiger partial charge >= 0.3 is 12.3 Å². The lowest BCUT2D eigenvalue weighted by molar-refractivity contribution is -0.274. The summed E-state index contributed by atoms with van der Waals surface area (Å²) in [7, 11) is 0. The van der Waals surface area contributed by atoms with Gasteiger partial charge in [-0.3, -0.25) is 4.79 Å². The maximum Gasteiger partial charge on any atom is 0.573 e. The Hall–Kier alpha value is -4.18. The molecule has 0 fully saturated rings. The number of halogens is 3. The number of nitrogens with one attached hydrogen (secondary N) is 1. The van der Waals surface area contributed by atoms with Crippen LogP contribution in [0.4, 0.5) is 13.2 Å². The van der Waals surface area contributed by atoms with Gasteiger partial charge in [0, 0.05) is 29.8 Å². The highest BCUT2D eigenvalue weighted by atomic mass is 19.4. The number of rotatable bonds is 9. The summed E-state index contributed by atoms with van der Waals surface area (Å²) in [5, 5.41) is 15.6. The highest BCUT2D eigenvalue weighted by Gasteiger charge is 2.32. The van der Waals surface area contributed by atoms with Crippen molar-refractivity contribution in [2.24, 2.45) is 0 Å². The lowest BCUT2D eigenvalue weighted by atomic mass is 10.0. The highest BCUT2D eigenvalue weighted by molar-refractivity contribution is 5.74. The van der Waals surface area contributed by atoms with Crippen LogP contribution in [0.2, 0.25) is 0 Å². The fraction of sp³-hybridized carbons (Fsp3) is 0.160. The third kappa shape index (κ3) is 6.45. The maximum absolute atomic E-state index is 13.1. The van der Waals surface area contributed by atoms with Crippen LogP contribution in [0.3, 0.4) is 0 Å². The molecule has 0 aliphatic heterocycles. The summed E-state index contributed by atoms with van der Waals surface area (Å²) >= 11 is 0. The van der Waals surface area contributed by atoms with E-state index in [0.717, 1.165) is 5.56 Å². The van der Waals surface area contributed by atoms with E-state index in [1.54, 1.807) is 48.5 Å². The number of hydrogen-bond acceptors (Lipinski definition) is 6. The van der Waals surface area contributed by atoms with Crippen LogP contribution in [0.5, 0.6) is 5.75 Å². The van der Waals surface area contributed by atoms with Crippen LogP contribution in [0.25, 0.3) is 34.0 Å². The second kappa shape index (κ2) is 10.4. The first-order valence-electron chi connectivity index (χ1n) is 10.6. The first-order chi connectivity index (χ1) is 16.8. The van der Waals surface area contributed by atoms with E-state index in [2.05, 4.69) is 20.2 Å². The van der Waals surface area contributed by atoms with E-state index in [-0.39, 0.29) is 35.0 Å². The fourth-order valence-electron chi connectivity index (χ4n) is 3.38. The molecule has 1 aromatic heterocycles. The van der Waals surface area contributed by atoms with Crippen molar-refractivity contribution < 1.29 is 32.3 Å². The van der Waals surface area contributed by atoms with Crippen LogP contribution in [-0.4, -0.2) is 34.1 Å². The summed E-state index contributed by atoms with van der Waals surface area (Å²) in [6.45, 7) is 0.856. The van der Waals surface area contributed by atoms with E-state index in [1.165, 1.54) is 12.1 Å². The lowest BCUT2D eigenvalue weighted by Gasteiger charge is -2.14. The summed E-state index contributed by atoms with van der Waals surface area (Å²) < 4.78 is 48.8. The zero-order valence-electron chi connectivity index (χ0n) is 18.2. The topological polar surface area (TPSA) is 97.5 Å². The first kappa shape index (κ1) is 24.0. The molecule has 0 aliphatic rings. The van der Waals surface area contributed by atoms with Gasteiger partial charge in [-0.1, -0.05) is 59.8 Å². The van der Waals surface area contributed by atoms with Gasteiger partial charge < -0.3 is 19.7 Å². The van der Waals surface area contributed by atoms with Crippen molar-refractivity contribution in [3.8, 4) is 39.7 Å². The molecule has 0 unspecified atom stereocenters. The number of ether oxygens (including phenoxy) is 1. The summed E-state index contributed by atoms with van der Waals surface area (Å²) in [4.78, 5) is 14.9. The number of hydrogen-bond donors (Lipinski definition) is 2. The third-order valence-corrected chi connectivity index (χ3v) is 5.02. The van der Waals surface area contributed by atoms with E-state index in [1.807, 2.05) is 12.1 Å². The number of nitrogens with zero attached hydrogens (tertiary/aromatic N) is 2. The molecule has 180 valence electrons. The molecular weight excluding hydrogens is 463 g/mol. The van der Waals surface area contributed by atoms with E-state index in [0.29, 0.717) is 24.2 Å². The van der Waals surface area contributed by atoms with Gasteiger partial charge in [0.05, 0.1) is 6.42 Å². The highest BCUT2D eigenvalue weighted by Crippen LogP contribution is 2.37. The summed E-state index contributed by atoms with van der Waals surface area (Å²) in [5.41, 5.74) is 2.72. The van der Waals surface area contributed by atoms with E-state index < -0.39 is 12.3 Å². The Bertz CT molecular complexity index is 1290. The number of carbonyl (C=O) groups is 1. The van der Waals surface area contributed by atoms with Crippen LogP contribution in [-0.2, 0) is 11.3 Å². The standard InChI is InChI=1S/C25H20F3N3O4/c26-25(27,28)34-21-14-19(10-11-20(21)17-4-2-1-3-5-17)24-30-23(31-35-24)18-8-6-16(7-9-18)15-29-13-12-22(32)33/h1-11,14,29H,12-13,15H2,(H,32,33). The molecule has 4 aromatic rings. The van der Waals surface area contributed by atoms with Crippen molar-refractivity contribution in [3.63, 3.8) is 0 Å². The quantitative estimate of drug-likeness (QED) is 0.302. The Balaban J connectivity index is 1.54. The Labute approximate surface area is 198 Å². The zero-order valence-corrected chi connectivity index (χ0v) is 18.2. The zero-order chi connectivity index (χ0) is 24.8. The molecule has 7 nitrogen and oxygen atoms in total. The Kier molecular flexibility index (Phi) is 7.11. The monoisotopic (exact) mass is 483 g/mol. The van der Waals surface area contributed by atoms with Crippen LogP contribution in [0.1, 0.15) is 12.0 Å². The van der Waals surface area contributed by atoms with Crippen LogP contribution in [0.15, 0.2) is 77.3 Å². The molecule has 0 saturated carbocycles. The molecule has 2 N–H and O–H groups in total. The van der Waals surface area contributed by atoms with Crippen molar-refractivity contribution in [2.75, 3.05) is 6.54 Å². The van der Waals surface area contributed by atoms with Crippen molar-refractivity contribution in [3.05, 3.63) is 78.4 Å². The van der Waals surface area contributed by atoms with E-state index in [9.17, 15) is 18.0 Å². The minimum Gasteiger partial charge on any atom is -0.481 e. The normalized spacial score (nSPS) is 11.4. The van der Waals surface area contributed by atoms with Crippen LogP contribution in [0, 0.1) is 0 Å². The van der Waals surface area contributed by atoms with Gasteiger partial charge in [0.2, 0.25) is 5.82 Å². The largest absolute Gasteiger partial charge is 0.573 e. The van der Waals surface area contributed by atoms with E-state index in [4.69, 9.17) is 9.63 Å². The summed E-state index contributed by atoms with van der Waals surface area (Å²) in [6.07, 6.45) is -4.84. The predicted octanol–water partition coefficient (Wildman–Crippen LogP) is 5.53. The summed E-state index contributed by atoms with van der Waals surface area (Å²) in [5.74, 6) is -0.921. The molecule has 3 aromatic carbocycles. The number of aliphatic carboxylic acids is 1. The Morgan fingerprint density at radius 3 is 2.37 bits per heavy atom. The van der Waals surface area contributed by atoms with Gasteiger partial charge in [-0.25, -0.2) is 0 Å². The minimum absolute atomic E-state index is 0.0335. The van der Waals surface area contributed by atoms with E-state index >= 15 is 0 Å². The molecule has 35 heavy (non-hydrogen) atoms. The third-order valence-electron chi connectivity index (χ3n) is 5.02. The van der Waals surface area contributed by atoms with Crippen molar-refractivity contribution in [2.45, 2.75) is 19.3 Å². The van der Waals surface area contributed by atoms with Crippen molar-refractivity contribution >= 4 is 5.97 Å². The molecule has 0 radical (unpaired) electrons. The molecule has 0 bridgehead atoms. The Morgan fingerprint density at radius 1 is 0.971 bits per heavy atom. The maximum atomic E-state index is 13.1. The number of carboxylic acid groups (broad SMARTS) is 1. The second-order valence-corrected chi connectivity index (χ2v) is 7.57. The molecule has 4 rings (SSSR count). The van der Waals surface area contributed by atoms with Gasteiger partial charge in [-0.05, 0) is 29.3 Å². The average molecular weight is 483 g/mol. The van der Waals surface area contributed by atoms with Crippen molar-refractivity contribution in [1.29, 1.82) is 0 Å². The molecule has 0 spiro atoms. The smallest absolute Gasteiger partial charge is 0.481 e. The van der Waals surface area contributed by atoms with Gasteiger partial charge in [-0.15, -0.1) is 13.2 Å². The number of benzene rings is 3. The van der Waals surface area contributed by atoms with Crippen molar-refractivity contribution in [1.82, 2.24) is 15.5 Å². The molecular formula is C25H20F3N3O4. The first-order valence-corrected chi connectivity index (χ1v) is 10.6. The molecule has 0 atom stereocenters. The Morgan fingerprint density at radius 2 is 1.69 bits per heavy atom. The number of alkyl halides is 3. The van der Waals surface area contributed by atoms with Crippen LogP contribution < -0.4 is 10.1 Å². The predicted molar refractivity (Wildman–Crippen MR) is 121 cm³/mol. The van der Waals surface area contributed by atoms with Gasteiger partial charge in [0.15, 0.2) is 0 Å². The van der Waals surface area contributed by atoms with Gasteiger partial charge in [0.1, 0.15) is 5.75 Å². The number of aromatic nitrogens is 2. The number of carboxylic acids is 1. The fourth-order valence-corrected chi connectivity index (χ4v) is 3.38. The lowest BCUT2D eigenvalue weighted by Crippen LogP contribution is -2.17. The minimum atomic E-state index is -4.87. The molecule has 0 aliphatic carbocycles. The molecule has 0 amide bonds. The average Bonchev–Trinajstić information content (AvgIpc) is 3.32. The summed E-state index contributed by atoms with van der Waals surface area (Å²) in [6, 6.07) is 20.2. The second-order valence-electron chi connectivity index (χ2n) is 7.57. The van der Waals surface area contributed by atoms with Gasteiger partial charge in [-0.2, -0.15) is 4.98 Å². The molecule has 0 saturated heterocycles. The SMILES string of the molecule is O=C(O)CCNCc1ccc(-c2noc(-c3ccc(-c4ccccc4)c(OC(F)(F)F)c3)n2)cc1. The van der Waals surface area contributed by atoms with Gasteiger partial charge in [0.25, 0.3) is 5.89 Å². The molecule has 10 heteroatoms. The molecule has 1 heterocycles.